The van der Waals surface area contributed by atoms with Crippen LogP contribution in [0.15, 0.2) is 0 Å². The van der Waals surface area contributed by atoms with Crippen molar-refractivity contribution in [3.63, 3.8) is 0 Å². The van der Waals surface area contributed by atoms with E-state index in [1.807, 2.05) is 6.92 Å². The fourth-order valence-electron chi connectivity index (χ4n) is 1.68. The zero-order valence-corrected chi connectivity index (χ0v) is 7.04. The van der Waals surface area contributed by atoms with Crippen LogP contribution in [0.5, 0.6) is 0 Å². The average molecular weight is 171 g/mol. The van der Waals surface area contributed by atoms with Gasteiger partial charge in [-0.1, -0.05) is 6.92 Å². The summed E-state index contributed by atoms with van der Waals surface area (Å²) in [5, 5.41) is 11.2. The summed E-state index contributed by atoms with van der Waals surface area (Å²) in [6.07, 6.45) is 0.820. The minimum atomic E-state index is -0.824. The lowest BCUT2D eigenvalue weighted by Crippen LogP contribution is -2.19. The SMILES string of the molecule is CCC1C(=O)NCC1CC(=O)O. The smallest absolute Gasteiger partial charge is 0.303 e. The molecule has 0 aromatic carbocycles. The van der Waals surface area contributed by atoms with E-state index in [0.717, 1.165) is 6.42 Å². The molecule has 1 amide bonds. The molecule has 0 saturated carbocycles. The number of nitrogens with one attached hydrogen (secondary N) is 1. The van der Waals surface area contributed by atoms with Crippen LogP contribution in [0.2, 0.25) is 0 Å². The predicted octanol–water partition coefficient (Wildman–Crippen LogP) is 0.233. The van der Waals surface area contributed by atoms with E-state index in [4.69, 9.17) is 5.11 Å². The average Bonchev–Trinajstić information content (AvgIpc) is 2.30. The molecule has 0 bridgehead atoms. The first-order valence-electron chi connectivity index (χ1n) is 4.14. The molecule has 4 nitrogen and oxygen atoms in total. The second-order valence-corrected chi connectivity index (χ2v) is 3.12. The van der Waals surface area contributed by atoms with Crippen molar-refractivity contribution in [3.8, 4) is 0 Å². The Morgan fingerprint density at radius 3 is 2.92 bits per heavy atom. The van der Waals surface area contributed by atoms with E-state index >= 15 is 0 Å². The van der Waals surface area contributed by atoms with E-state index in [2.05, 4.69) is 5.32 Å². The van der Waals surface area contributed by atoms with Crippen molar-refractivity contribution in [2.45, 2.75) is 19.8 Å². The van der Waals surface area contributed by atoms with E-state index < -0.39 is 5.97 Å². The molecule has 0 aromatic rings. The summed E-state index contributed by atoms with van der Waals surface area (Å²) in [5.74, 6) is -0.931. The number of hydrogen-bond donors (Lipinski definition) is 2. The van der Waals surface area contributed by atoms with Crippen molar-refractivity contribution in [2.24, 2.45) is 11.8 Å². The van der Waals surface area contributed by atoms with Gasteiger partial charge >= 0.3 is 5.97 Å². The summed E-state index contributed by atoms with van der Waals surface area (Å²) < 4.78 is 0. The summed E-state index contributed by atoms with van der Waals surface area (Å²) in [6, 6.07) is 0. The molecule has 1 aliphatic rings. The Bertz CT molecular complexity index is 202. The van der Waals surface area contributed by atoms with Crippen molar-refractivity contribution in [1.29, 1.82) is 0 Å². The van der Waals surface area contributed by atoms with Crippen molar-refractivity contribution < 1.29 is 14.7 Å². The minimum Gasteiger partial charge on any atom is -0.481 e. The Morgan fingerprint density at radius 2 is 2.42 bits per heavy atom. The molecule has 1 saturated heterocycles. The molecule has 0 aromatic heterocycles. The van der Waals surface area contributed by atoms with Gasteiger partial charge < -0.3 is 10.4 Å². The van der Waals surface area contributed by atoms with Crippen molar-refractivity contribution in [2.75, 3.05) is 6.54 Å². The molecule has 1 heterocycles. The fraction of sp³-hybridized carbons (Fsp3) is 0.750. The highest BCUT2D eigenvalue weighted by atomic mass is 16.4. The topological polar surface area (TPSA) is 66.4 Å². The van der Waals surface area contributed by atoms with Gasteiger partial charge in [-0.15, -0.1) is 0 Å². The molecule has 2 unspecified atom stereocenters. The van der Waals surface area contributed by atoms with E-state index in [1.54, 1.807) is 0 Å². The highest BCUT2D eigenvalue weighted by Crippen LogP contribution is 2.23. The van der Waals surface area contributed by atoms with Crippen LogP contribution in [-0.2, 0) is 9.59 Å². The van der Waals surface area contributed by atoms with Crippen LogP contribution in [0.4, 0.5) is 0 Å². The van der Waals surface area contributed by atoms with Crippen molar-refractivity contribution in [3.05, 3.63) is 0 Å². The third-order valence-electron chi connectivity index (χ3n) is 2.32. The lowest BCUT2D eigenvalue weighted by Gasteiger charge is -2.11. The monoisotopic (exact) mass is 171 g/mol. The van der Waals surface area contributed by atoms with Gasteiger partial charge in [-0.25, -0.2) is 0 Å². The standard InChI is InChI=1S/C8H13NO3/c1-2-6-5(3-7(10)11)4-9-8(6)12/h5-6H,2-4H2,1H3,(H,9,12)(H,10,11). The Kier molecular flexibility index (Phi) is 2.68. The van der Waals surface area contributed by atoms with Crippen LogP contribution < -0.4 is 5.32 Å². The van der Waals surface area contributed by atoms with Gasteiger partial charge in [0.15, 0.2) is 0 Å². The number of rotatable bonds is 3. The van der Waals surface area contributed by atoms with Gasteiger partial charge in [-0.3, -0.25) is 9.59 Å². The van der Waals surface area contributed by atoms with Crippen LogP contribution in [0, 0.1) is 11.8 Å². The summed E-state index contributed by atoms with van der Waals surface area (Å²) >= 11 is 0. The van der Waals surface area contributed by atoms with Gasteiger partial charge in [-0.05, 0) is 12.3 Å². The number of aliphatic carboxylic acids is 1. The number of hydrogen-bond acceptors (Lipinski definition) is 2. The third-order valence-corrected chi connectivity index (χ3v) is 2.32. The number of carboxylic acids is 1. The maximum absolute atomic E-state index is 11.1. The highest BCUT2D eigenvalue weighted by Gasteiger charge is 2.34. The normalized spacial score (nSPS) is 28.6. The molecule has 2 atom stereocenters. The zero-order chi connectivity index (χ0) is 9.14. The van der Waals surface area contributed by atoms with Crippen LogP contribution in [0.1, 0.15) is 19.8 Å². The molecule has 0 spiro atoms. The molecule has 0 aliphatic carbocycles. The summed E-state index contributed by atoms with van der Waals surface area (Å²) in [5.41, 5.74) is 0. The van der Waals surface area contributed by atoms with Gasteiger partial charge in [0.05, 0.1) is 6.42 Å². The maximum atomic E-state index is 11.1. The molecule has 1 aliphatic heterocycles. The molecule has 4 heteroatoms. The highest BCUT2D eigenvalue weighted by molar-refractivity contribution is 5.82. The number of carboxylic acid groups (broad SMARTS) is 1. The summed E-state index contributed by atoms with van der Waals surface area (Å²) in [6.45, 7) is 2.42. The van der Waals surface area contributed by atoms with E-state index in [1.165, 1.54) is 0 Å². The fourth-order valence-corrected chi connectivity index (χ4v) is 1.68. The lowest BCUT2D eigenvalue weighted by atomic mass is 9.90. The van der Waals surface area contributed by atoms with Crippen molar-refractivity contribution >= 4 is 11.9 Å². The molecule has 1 fully saturated rings. The van der Waals surface area contributed by atoms with Gasteiger partial charge in [-0.2, -0.15) is 0 Å². The largest absolute Gasteiger partial charge is 0.481 e. The lowest BCUT2D eigenvalue weighted by molar-refractivity contribution is -0.138. The van der Waals surface area contributed by atoms with Crippen LogP contribution >= 0.6 is 0 Å². The molecular weight excluding hydrogens is 158 g/mol. The molecule has 12 heavy (non-hydrogen) atoms. The molecule has 2 N–H and O–H groups in total. The first-order valence-corrected chi connectivity index (χ1v) is 4.14. The number of carbonyl (C=O) groups is 2. The molecular formula is C8H13NO3. The first-order chi connectivity index (χ1) is 5.65. The molecule has 0 radical (unpaired) electrons. The summed E-state index contributed by atoms with van der Waals surface area (Å²) in [4.78, 5) is 21.5. The molecule has 68 valence electrons. The Labute approximate surface area is 71.0 Å². The first kappa shape index (κ1) is 9.03. The quantitative estimate of drug-likeness (QED) is 0.639. The van der Waals surface area contributed by atoms with Gasteiger partial charge in [0.25, 0.3) is 0 Å². The minimum absolute atomic E-state index is 0.00347. The van der Waals surface area contributed by atoms with Crippen molar-refractivity contribution in [1.82, 2.24) is 5.32 Å². The van der Waals surface area contributed by atoms with Gasteiger partial charge in [0, 0.05) is 12.5 Å². The van der Waals surface area contributed by atoms with E-state index in [-0.39, 0.29) is 24.2 Å². The van der Waals surface area contributed by atoms with Gasteiger partial charge in [0.1, 0.15) is 0 Å². The number of carbonyl (C=O) groups excluding carboxylic acids is 1. The van der Waals surface area contributed by atoms with Crippen LogP contribution in [-0.4, -0.2) is 23.5 Å². The predicted molar refractivity (Wildman–Crippen MR) is 42.5 cm³/mol. The zero-order valence-electron chi connectivity index (χ0n) is 7.04. The Morgan fingerprint density at radius 1 is 1.75 bits per heavy atom. The van der Waals surface area contributed by atoms with Crippen LogP contribution in [0.3, 0.4) is 0 Å². The second kappa shape index (κ2) is 3.56. The van der Waals surface area contributed by atoms with E-state index in [9.17, 15) is 9.59 Å². The Hall–Kier alpha value is -1.06. The maximum Gasteiger partial charge on any atom is 0.303 e. The Balaban J connectivity index is 2.54. The van der Waals surface area contributed by atoms with Crippen LogP contribution in [0.25, 0.3) is 0 Å². The third kappa shape index (κ3) is 1.75. The summed E-state index contributed by atoms with van der Waals surface area (Å²) in [7, 11) is 0. The molecule has 1 rings (SSSR count). The number of amides is 1. The van der Waals surface area contributed by atoms with Gasteiger partial charge in [0.2, 0.25) is 5.91 Å². The second-order valence-electron chi connectivity index (χ2n) is 3.12. The van der Waals surface area contributed by atoms with E-state index in [0.29, 0.717) is 6.54 Å².